The fraction of sp³-hybridized carbons (Fsp3) is 0.391. The number of aliphatic hydroxyl groups is 1. The highest BCUT2D eigenvalue weighted by Crippen LogP contribution is 2.27. The molecule has 0 aliphatic carbocycles. The van der Waals surface area contributed by atoms with Crippen LogP contribution in [0, 0.1) is 12.7 Å². The van der Waals surface area contributed by atoms with E-state index in [1.54, 1.807) is 19.1 Å². The molecule has 3 aromatic rings. The van der Waals surface area contributed by atoms with Gasteiger partial charge in [0.05, 0.1) is 17.6 Å². The molecule has 1 aliphatic heterocycles. The highest BCUT2D eigenvalue weighted by atomic mass is 19.1. The Kier molecular flexibility index (Phi) is 5.68. The molecule has 0 radical (unpaired) electrons. The van der Waals surface area contributed by atoms with E-state index in [0.717, 1.165) is 16.9 Å². The van der Waals surface area contributed by atoms with Crippen LogP contribution in [-0.2, 0) is 11.8 Å². The molecule has 31 heavy (non-hydrogen) atoms. The first-order valence-electron chi connectivity index (χ1n) is 10.3. The van der Waals surface area contributed by atoms with E-state index in [2.05, 4.69) is 10.3 Å². The minimum atomic E-state index is -1.07. The Labute approximate surface area is 180 Å². The first kappa shape index (κ1) is 21.3. The number of aromatic nitrogens is 2. The van der Waals surface area contributed by atoms with E-state index < -0.39 is 17.5 Å². The van der Waals surface area contributed by atoms with Crippen LogP contribution in [0.3, 0.4) is 0 Å². The molecular weight excluding hydrogens is 399 g/mol. The number of carbonyl (C=O) groups is 1. The molecule has 4 rings (SSSR count). The largest absolute Gasteiger partial charge is 0.486 e. The summed E-state index contributed by atoms with van der Waals surface area (Å²) in [7, 11) is 1.95. The number of nitrogens with one attached hydrogen (secondary N) is 1. The van der Waals surface area contributed by atoms with E-state index in [-0.39, 0.29) is 12.5 Å². The summed E-state index contributed by atoms with van der Waals surface area (Å²) in [5, 5.41) is 13.6. The number of piperidine rings is 1. The van der Waals surface area contributed by atoms with Gasteiger partial charge in [-0.25, -0.2) is 9.37 Å². The third kappa shape index (κ3) is 4.70. The Balaban J connectivity index is 1.39. The van der Waals surface area contributed by atoms with Crippen LogP contribution in [0.2, 0.25) is 0 Å². The zero-order valence-corrected chi connectivity index (χ0v) is 17.9. The summed E-state index contributed by atoms with van der Waals surface area (Å²) < 4.78 is 21.3. The van der Waals surface area contributed by atoms with Crippen LogP contribution in [-0.4, -0.2) is 56.8 Å². The average molecular weight is 426 g/mol. The number of aryl methyl sites for hydroxylation is 2. The van der Waals surface area contributed by atoms with Crippen LogP contribution in [0.4, 0.5) is 10.1 Å². The molecule has 0 unspecified atom stereocenters. The van der Waals surface area contributed by atoms with Crippen molar-refractivity contribution in [1.29, 1.82) is 0 Å². The molecule has 1 amide bonds. The van der Waals surface area contributed by atoms with E-state index in [1.165, 1.54) is 12.1 Å². The van der Waals surface area contributed by atoms with Crippen LogP contribution in [0.1, 0.15) is 19.2 Å². The summed E-state index contributed by atoms with van der Waals surface area (Å²) in [6, 6.07) is 11.5. The van der Waals surface area contributed by atoms with Gasteiger partial charge in [-0.05, 0) is 50.6 Å². The van der Waals surface area contributed by atoms with Crippen LogP contribution in [0.15, 0.2) is 42.5 Å². The molecule has 1 fully saturated rings. The number of nitrogens with zero attached hydrogens (tertiary/aromatic N) is 3. The summed E-state index contributed by atoms with van der Waals surface area (Å²) in [6.45, 7) is 4.72. The molecule has 1 aliphatic rings. The first-order chi connectivity index (χ1) is 14.7. The number of fused-ring (bicyclic) bond motifs is 1. The number of halogens is 1. The molecule has 8 heteroatoms. The second-order valence-corrected chi connectivity index (χ2v) is 8.38. The van der Waals surface area contributed by atoms with Gasteiger partial charge in [0.2, 0.25) is 5.91 Å². The molecule has 7 nitrogen and oxygen atoms in total. The summed E-state index contributed by atoms with van der Waals surface area (Å²) in [5.74, 6) is 0.709. The number of carbonyl (C=O) groups excluding carboxylic acids is 1. The van der Waals surface area contributed by atoms with Crippen LogP contribution < -0.4 is 10.1 Å². The highest BCUT2D eigenvalue weighted by Gasteiger charge is 2.39. The minimum absolute atomic E-state index is 0.155. The zero-order chi connectivity index (χ0) is 22.2. The van der Waals surface area contributed by atoms with Gasteiger partial charge in [-0.1, -0.05) is 6.07 Å². The van der Waals surface area contributed by atoms with Gasteiger partial charge in [-0.15, -0.1) is 0 Å². The number of rotatable bonds is 5. The highest BCUT2D eigenvalue weighted by molar-refractivity contribution is 5.94. The van der Waals surface area contributed by atoms with Crippen molar-refractivity contribution in [1.82, 2.24) is 14.5 Å². The van der Waals surface area contributed by atoms with Gasteiger partial charge in [0.1, 0.15) is 29.1 Å². The molecule has 2 heterocycles. The lowest BCUT2D eigenvalue weighted by Gasteiger charge is -2.42. The van der Waals surface area contributed by atoms with E-state index >= 15 is 0 Å². The SMILES string of the molecule is Cc1nc2cc(NC(=O)CN3CC[C@](C)(O)[C@@H](Oc4cccc(F)c4)C3)ccc2n1C. The molecule has 2 atom stereocenters. The fourth-order valence-corrected chi connectivity index (χ4v) is 3.88. The maximum absolute atomic E-state index is 13.5. The molecule has 2 N–H and O–H groups in total. The van der Waals surface area contributed by atoms with Crippen molar-refractivity contribution in [2.75, 3.05) is 25.0 Å². The molecule has 2 aromatic carbocycles. The van der Waals surface area contributed by atoms with Gasteiger partial charge in [0, 0.05) is 31.9 Å². The average Bonchev–Trinajstić information content (AvgIpc) is 2.98. The van der Waals surface area contributed by atoms with E-state index in [9.17, 15) is 14.3 Å². The molecule has 0 saturated carbocycles. The summed E-state index contributed by atoms with van der Waals surface area (Å²) in [6.07, 6.45) is -0.136. The van der Waals surface area contributed by atoms with Gasteiger partial charge < -0.3 is 19.7 Å². The second-order valence-electron chi connectivity index (χ2n) is 8.38. The summed E-state index contributed by atoms with van der Waals surface area (Å²) in [4.78, 5) is 19.1. The Morgan fingerprint density at radius 3 is 2.94 bits per heavy atom. The van der Waals surface area contributed by atoms with Crippen molar-refractivity contribution < 1.29 is 19.0 Å². The number of hydrogen-bond acceptors (Lipinski definition) is 5. The molecule has 1 saturated heterocycles. The van der Waals surface area contributed by atoms with Crippen LogP contribution in [0.25, 0.3) is 11.0 Å². The molecule has 0 spiro atoms. The van der Waals surface area contributed by atoms with Gasteiger partial charge in [-0.3, -0.25) is 9.69 Å². The minimum Gasteiger partial charge on any atom is -0.486 e. The lowest BCUT2D eigenvalue weighted by atomic mass is 9.90. The number of anilines is 1. The van der Waals surface area contributed by atoms with Crippen molar-refractivity contribution in [3.63, 3.8) is 0 Å². The third-order valence-corrected chi connectivity index (χ3v) is 5.88. The normalized spacial score (nSPS) is 21.9. The van der Waals surface area contributed by atoms with Crippen LogP contribution >= 0.6 is 0 Å². The lowest BCUT2D eigenvalue weighted by Crippen LogP contribution is -2.57. The fourth-order valence-electron chi connectivity index (χ4n) is 3.88. The number of ether oxygens (including phenoxy) is 1. The van der Waals surface area contributed by atoms with E-state index in [0.29, 0.717) is 30.9 Å². The Bertz CT molecular complexity index is 1110. The predicted molar refractivity (Wildman–Crippen MR) is 117 cm³/mol. The summed E-state index contributed by atoms with van der Waals surface area (Å²) in [5.41, 5.74) is 1.45. The van der Waals surface area contributed by atoms with Crippen molar-refractivity contribution in [3.8, 4) is 5.75 Å². The number of imidazole rings is 1. The molecule has 1 aromatic heterocycles. The molecular formula is C23H27FN4O3. The smallest absolute Gasteiger partial charge is 0.238 e. The maximum Gasteiger partial charge on any atom is 0.238 e. The molecule has 0 bridgehead atoms. The van der Waals surface area contributed by atoms with Crippen LogP contribution in [0.5, 0.6) is 5.75 Å². The van der Waals surface area contributed by atoms with E-state index in [1.807, 2.05) is 41.6 Å². The Morgan fingerprint density at radius 1 is 1.35 bits per heavy atom. The number of hydrogen-bond donors (Lipinski definition) is 2. The lowest BCUT2D eigenvalue weighted by molar-refractivity contribution is -0.122. The van der Waals surface area contributed by atoms with Crippen molar-refractivity contribution in [2.45, 2.75) is 32.0 Å². The zero-order valence-electron chi connectivity index (χ0n) is 17.9. The van der Waals surface area contributed by atoms with Gasteiger partial charge >= 0.3 is 0 Å². The first-order valence-corrected chi connectivity index (χ1v) is 10.3. The van der Waals surface area contributed by atoms with Crippen molar-refractivity contribution in [2.24, 2.45) is 7.05 Å². The predicted octanol–water partition coefficient (Wildman–Crippen LogP) is 2.86. The monoisotopic (exact) mass is 426 g/mol. The summed E-state index contributed by atoms with van der Waals surface area (Å²) >= 11 is 0. The topological polar surface area (TPSA) is 79.6 Å². The van der Waals surface area contributed by atoms with Crippen molar-refractivity contribution in [3.05, 3.63) is 54.1 Å². The van der Waals surface area contributed by atoms with Gasteiger partial charge in [-0.2, -0.15) is 0 Å². The molecule has 164 valence electrons. The number of benzene rings is 2. The Morgan fingerprint density at radius 2 is 2.16 bits per heavy atom. The second kappa shape index (κ2) is 8.28. The number of amides is 1. The maximum atomic E-state index is 13.5. The van der Waals surface area contributed by atoms with Gasteiger partial charge in [0.15, 0.2) is 0 Å². The Hall–Kier alpha value is -2.97. The van der Waals surface area contributed by atoms with E-state index in [4.69, 9.17) is 4.74 Å². The van der Waals surface area contributed by atoms with Gasteiger partial charge in [0.25, 0.3) is 0 Å². The standard InChI is InChI=1S/C23H27FN4O3/c1-15-25-19-12-17(7-8-20(19)27(15)3)26-22(29)14-28-10-9-23(2,30)21(13-28)31-18-6-4-5-16(24)11-18/h4-8,11-12,21,30H,9-10,13-14H2,1-3H3,(H,26,29)/t21-,23-/m0/s1. The third-order valence-electron chi connectivity index (χ3n) is 5.88. The van der Waals surface area contributed by atoms with Crippen molar-refractivity contribution >= 4 is 22.6 Å². The quantitative estimate of drug-likeness (QED) is 0.656. The number of likely N-dealkylation sites (tertiary alicyclic amines) is 1.